The highest BCUT2D eigenvalue weighted by atomic mass is 16.8. The third-order valence-electron chi connectivity index (χ3n) is 3.14. The van der Waals surface area contributed by atoms with Crippen molar-refractivity contribution in [2.45, 2.75) is 31.7 Å². The molecule has 0 saturated heterocycles. The van der Waals surface area contributed by atoms with Crippen molar-refractivity contribution >= 4 is 11.8 Å². The van der Waals surface area contributed by atoms with Crippen LogP contribution in [0.3, 0.4) is 0 Å². The van der Waals surface area contributed by atoms with Crippen LogP contribution in [0.2, 0.25) is 0 Å². The molecule has 98 valence electrons. The number of methoxy groups -OCH3 is 1. The Morgan fingerprint density at radius 3 is 2.67 bits per heavy atom. The zero-order chi connectivity index (χ0) is 13.1. The molecule has 0 N–H and O–H groups in total. The Morgan fingerprint density at radius 2 is 2.11 bits per heavy atom. The van der Waals surface area contributed by atoms with Crippen LogP contribution >= 0.6 is 0 Å². The largest absolute Gasteiger partial charge is 0.464 e. The van der Waals surface area contributed by atoms with Gasteiger partial charge in [-0.05, 0) is 17.7 Å². The van der Waals surface area contributed by atoms with Crippen LogP contribution in [-0.2, 0) is 9.57 Å². The van der Waals surface area contributed by atoms with Crippen molar-refractivity contribution < 1.29 is 19.3 Å². The molecule has 1 fully saturated rings. The first-order valence-electron chi connectivity index (χ1n) is 5.86. The molecule has 0 bridgehead atoms. The lowest BCUT2D eigenvalue weighted by atomic mass is 10.2. The van der Waals surface area contributed by atoms with Crippen LogP contribution in [-0.4, -0.2) is 34.9 Å². The van der Waals surface area contributed by atoms with Crippen LogP contribution in [0.1, 0.15) is 42.2 Å². The molecule has 0 aliphatic heterocycles. The number of rotatable bonds is 4. The van der Waals surface area contributed by atoms with Gasteiger partial charge in [0.2, 0.25) is 0 Å². The summed E-state index contributed by atoms with van der Waals surface area (Å²) in [5, 5.41) is 4.14. The van der Waals surface area contributed by atoms with Gasteiger partial charge in [-0.1, -0.05) is 12.8 Å². The number of aromatic nitrogens is 2. The van der Waals surface area contributed by atoms with Gasteiger partial charge in [0.25, 0.3) is 0 Å². The predicted octanol–water partition coefficient (Wildman–Crippen LogP) is 1.76. The van der Waals surface area contributed by atoms with Gasteiger partial charge < -0.3 is 9.57 Å². The Labute approximate surface area is 104 Å². The first-order valence-corrected chi connectivity index (χ1v) is 5.86. The van der Waals surface area contributed by atoms with Gasteiger partial charge in [0.15, 0.2) is 10.6 Å². The summed E-state index contributed by atoms with van der Waals surface area (Å²) in [5.74, 6) is -0.435. The van der Waals surface area contributed by atoms with Crippen molar-refractivity contribution in [3.63, 3.8) is 0 Å². The topological polar surface area (TPSA) is 73.4 Å². The van der Waals surface area contributed by atoms with Crippen LogP contribution in [0, 0.1) is 4.91 Å². The molecular formula is C11H16N3O4+. The van der Waals surface area contributed by atoms with Crippen LogP contribution in [0.15, 0.2) is 6.07 Å². The van der Waals surface area contributed by atoms with Crippen molar-refractivity contribution in [2.24, 2.45) is 0 Å². The molecule has 0 aromatic carbocycles. The third-order valence-corrected chi connectivity index (χ3v) is 3.14. The summed E-state index contributed by atoms with van der Waals surface area (Å²) in [6, 6.07) is 1.54. The fraction of sp³-hybridized carbons (Fsp3) is 0.636. The van der Waals surface area contributed by atoms with Gasteiger partial charge in [-0.3, -0.25) is 0 Å². The zero-order valence-corrected chi connectivity index (χ0v) is 10.5. The summed E-state index contributed by atoms with van der Waals surface area (Å²) in [6.45, 7) is 0. The molecule has 2 rings (SSSR count). The van der Waals surface area contributed by atoms with Crippen molar-refractivity contribution in [1.29, 1.82) is 0 Å². The van der Waals surface area contributed by atoms with Crippen LogP contribution in [0.4, 0.5) is 5.82 Å². The monoisotopic (exact) mass is 254 g/mol. The molecule has 0 spiro atoms. The van der Waals surface area contributed by atoms with Crippen LogP contribution < -0.4 is 0 Å². The second kappa shape index (κ2) is 5.16. The quantitative estimate of drug-likeness (QED) is 0.604. The standard InChI is InChI=1S/C11H16N3O4/c1-17-11(15)9-7-10(14(16)18-2)12-13(9)8-5-3-4-6-8/h7-8H,3-6H2,1-2H3/q+1. The third kappa shape index (κ3) is 2.20. The SMILES string of the molecule is COC(=O)c1cc([N+](=O)OC)nn1C1CCCC1. The first-order chi connectivity index (χ1) is 8.67. The van der Waals surface area contributed by atoms with E-state index in [9.17, 15) is 9.70 Å². The first kappa shape index (κ1) is 12.5. The van der Waals surface area contributed by atoms with Gasteiger partial charge >= 0.3 is 11.8 Å². The molecule has 1 heterocycles. The fourth-order valence-electron chi connectivity index (χ4n) is 2.25. The Kier molecular flexibility index (Phi) is 3.59. The predicted molar refractivity (Wildman–Crippen MR) is 61.4 cm³/mol. The van der Waals surface area contributed by atoms with Gasteiger partial charge in [-0.2, -0.15) is 4.68 Å². The fourth-order valence-corrected chi connectivity index (χ4v) is 2.25. The number of esters is 1. The Balaban J connectivity index is 2.38. The molecule has 7 nitrogen and oxygen atoms in total. The van der Waals surface area contributed by atoms with Crippen molar-refractivity contribution in [3.05, 3.63) is 16.7 Å². The Morgan fingerprint density at radius 1 is 1.44 bits per heavy atom. The maximum Gasteiger partial charge on any atom is 0.434 e. The van der Waals surface area contributed by atoms with E-state index in [4.69, 9.17) is 4.74 Å². The Hall–Kier alpha value is -1.92. The van der Waals surface area contributed by atoms with Crippen molar-refractivity contribution in [1.82, 2.24) is 9.78 Å². The summed E-state index contributed by atoms with van der Waals surface area (Å²) in [7, 11) is 2.55. The van der Waals surface area contributed by atoms with E-state index in [1.807, 2.05) is 0 Å². The smallest absolute Gasteiger partial charge is 0.434 e. The summed E-state index contributed by atoms with van der Waals surface area (Å²) < 4.78 is 6.28. The van der Waals surface area contributed by atoms with E-state index in [2.05, 4.69) is 9.94 Å². The number of hydrogen-bond donors (Lipinski definition) is 0. The number of nitrogens with zero attached hydrogens (tertiary/aromatic N) is 3. The lowest BCUT2D eigenvalue weighted by molar-refractivity contribution is -0.739. The maximum atomic E-state index is 11.7. The summed E-state index contributed by atoms with van der Waals surface area (Å²) in [6.07, 6.45) is 4.12. The van der Waals surface area contributed by atoms with Gasteiger partial charge in [-0.15, -0.1) is 0 Å². The highest BCUT2D eigenvalue weighted by Crippen LogP contribution is 2.31. The molecular weight excluding hydrogens is 238 g/mol. The zero-order valence-electron chi connectivity index (χ0n) is 10.5. The normalized spacial score (nSPS) is 15.7. The number of carbonyl (C=O) groups excluding carboxylic acids is 1. The van der Waals surface area contributed by atoms with E-state index >= 15 is 0 Å². The van der Waals surface area contributed by atoms with E-state index in [1.165, 1.54) is 20.3 Å². The van der Waals surface area contributed by atoms with Gasteiger partial charge in [0.1, 0.15) is 7.11 Å². The van der Waals surface area contributed by atoms with Crippen LogP contribution in [0.25, 0.3) is 0 Å². The molecule has 1 aliphatic carbocycles. The van der Waals surface area contributed by atoms with Crippen LogP contribution in [0.5, 0.6) is 0 Å². The minimum atomic E-state index is -0.495. The molecule has 1 aliphatic rings. The molecule has 0 atom stereocenters. The van der Waals surface area contributed by atoms with E-state index in [-0.39, 0.29) is 22.5 Å². The molecule has 18 heavy (non-hydrogen) atoms. The summed E-state index contributed by atoms with van der Waals surface area (Å²) in [5.41, 5.74) is 0.289. The Bertz CT molecular complexity index is 463. The van der Waals surface area contributed by atoms with Gasteiger partial charge in [0, 0.05) is 0 Å². The average Bonchev–Trinajstić information content (AvgIpc) is 3.04. The van der Waals surface area contributed by atoms with Gasteiger partial charge in [0.05, 0.1) is 24.3 Å². The number of carbonyl (C=O) groups is 1. The molecule has 1 aromatic heterocycles. The molecule has 0 radical (unpaired) electrons. The highest BCUT2D eigenvalue weighted by Gasteiger charge is 2.32. The van der Waals surface area contributed by atoms with Crippen molar-refractivity contribution in [2.75, 3.05) is 14.2 Å². The molecule has 1 aromatic rings. The number of ether oxygens (including phenoxy) is 1. The average molecular weight is 254 g/mol. The van der Waals surface area contributed by atoms with E-state index in [1.54, 1.807) is 4.68 Å². The van der Waals surface area contributed by atoms with E-state index in [0.717, 1.165) is 25.7 Å². The molecule has 7 heteroatoms. The minimum absolute atomic E-state index is 0.0600. The second-order valence-electron chi connectivity index (χ2n) is 4.20. The molecule has 0 amide bonds. The van der Waals surface area contributed by atoms with Gasteiger partial charge in [-0.25, -0.2) is 4.79 Å². The summed E-state index contributed by atoms with van der Waals surface area (Å²) in [4.78, 5) is 27.8. The molecule has 1 saturated carbocycles. The second-order valence-corrected chi connectivity index (χ2v) is 4.20. The maximum absolute atomic E-state index is 11.7. The van der Waals surface area contributed by atoms with E-state index in [0.29, 0.717) is 0 Å². The lowest BCUT2D eigenvalue weighted by Gasteiger charge is -2.07. The lowest BCUT2D eigenvalue weighted by Crippen LogP contribution is -2.15. The highest BCUT2D eigenvalue weighted by molar-refractivity contribution is 5.88. The van der Waals surface area contributed by atoms with E-state index < -0.39 is 5.97 Å². The summed E-state index contributed by atoms with van der Waals surface area (Å²) >= 11 is 0. The number of hydrogen-bond acceptors (Lipinski definition) is 5. The van der Waals surface area contributed by atoms with Crippen molar-refractivity contribution in [3.8, 4) is 0 Å². The minimum Gasteiger partial charge on any atom is -0.464 e. The molecule has 0 unspecified atom stereocenters.